The number of carbonyl (C=O) groups excluding carboxylic acids is 2. The second kappa shape index (κ2) is 10.5. The van der Waals surface area contributed by atoms with Crippen molar-refractivity contribution in [1.29, 1.82) is 0 Å². The summed E-state index contributed by atoms with van der Waals surface area (Å²) < 4.78 is 0.833. The zero-order valence-corrected chi connectivity index (χ0v) is 21.2. The molecule has 0 fully saturated rings. The number of nitrogens with zero attached hydrogens (tertiary/aromatic N) is 1. The van der Waals surface area contributed by atoms with E-state index in [4.69, 9.17) is 11.6 Å². The van der Waals surface area contributed by atoms with Crippen LogP contribution in [-0.2, 0) is 11.3 Å². The number of nitrogens with one attached hydrogen (secondary N) is 1. The lowest BCUT2D eigenvalue weighted by molar-refractivity contribution is -0.127. The second-order valence-corrected chi connectivity index (χ2v) is 10.2. The first-order valence-electron chi connectivity index (χ1n) is 10.3. The third kappa shape index (κ3) is 6.33. The van der Waals surface area contributed by atoms with Crippen molar-refractivity contribution in [2.75, 3.05) is 0 Å². The van der Waals surface area contributed by atoms with Crippen LogP contribution in [0.15, 0.2) is 78.9 Å². The minimum absolute atomic E-state index is 0.206. The molecule has 3 aromatic carbocycles. The van der Waals surface area contributed by atoms with Gasteiger partial charge in [0.2, 0.25) is 5.91 Å². The Morgan fingerprint density at radius 3 is 2.12 bits per heavy atom. The number of hydrogen-bond donors (Lipinski definition) is 1. The lowest BCUT2D eigenvalue weighted by atomic mass is 10.00. The third-order valence-electron chi connectivity index (χ3n) is 4.80. The van der Waals surface area contributed by atoms with Crippen LogP contribution in [0.1, 0.15) is 48.3 Å². The van der Waals surface area contributed by atoms with Crippen LogP contribution in [0.5, 0.6) is 0 Å². The first-order valence-corrected chi connectivity index (χ1v) is 11.8. The van der Waals surface area contributed by atoms with E-state index in [0.717, 1.165) is 9.13 Å². The van der Waals surface area contributed by atoms with Crippen molar-refractivity contribution < 1.29 is 9.59 Å². The van der Waals surface area contributed by atoms with E-state index in [1.54, 1.807) is 35.2 Å². The predicted octanol–water partition coefficient (Wildman–Crippen LogP) is 6.24. The molecule has 1 unspecified atom stereocenters. The van der Waals surface area contributed by atoms with Gasteiger partial charge in [0.25, 0.3) is 5.91 Å². The average molecular weight is 561 g/mol. The number of rotatable bonds is 6. The minimum atomic E-state index is -0.824. The summed E-state index contributed by atoms with van der Waals surface area (Å²) in [5.41, 5.74) is 1.75. The van der Waals surface area contributed by atoms with Crippen LogP contribution in [-0.4, -0.2) is 22.3 Å². The van der Waals surface area contributed by atoms with Gasteiger partial charge in [-0.1, -0.05) is 66.2 Å². The van der Waals surface area contributed by atoms with Gasteiger partial charge in [-0.2, -0.15) is 0 Å². The van der Waals surface area contributed by atoms with Crippen LogP contribution < -0.4 is 5.32 Å². The standard InChI is InChI=1S/C26H26ClIN2O2/c1-26(2,3)29-24(31)23(19-13-15-20(27)16-14-19)30(17-18-9-5-4-6-10-18)25(32)21-11-7-8-12-22(21)28/h4-16,23H,17H2,1-3H3,(H,29,31). The highest BCUT2D eigenvalue weighted by Crippen LogP contribution is 2.28. The molecule has 166 valence electrons. The van der Waals surface area contributed by atoms with Crippen molar-refractivity contribution in [3.63, 3.8) is 0 Å². The molecule has 0 bridgehead atoms. The van der Waals surface area contributed by atoms with Crippen molar-refractivity contribution in [2.45, 2.75) is 38.9 Å². The zero-order valence-electron chi connectivity index (χ0n) is 18.3. The fraction of sp³-hybridized carbons (Fsp3) is 0.231. The number of hydrogen-bond acceptors (Lipinski definition) is 2. The molecule has 0 aromatic heterocycles. The fourth-order valence-corrected chi connectivity index (χ4v) is 4.15. The Kier molecular flexibility index (Phi) is 7.96. The monoisotopic (exact) mass is 560 g/mol. The van der Waals surface area contributed by atoms with E-state index < -0.39 is 11.6 Å². The summed E-state index contributed by atoms with van der Waals surface area (Å²) in [5, 5.41) is 3.62. The Morgan fingerprint density at radius 2 is 1.53 bits per heavy atom. The quantitative estimate of drug-likeness (QED) is 0.363. The SMILES string of the molecule is CC(C)(C)NC(=O)C(c1ccc(Cl)cc1)N(Cc1ccccc1)C(=O)c1ccccc1I. The number of benzene rings is 3. The molecule has 4 nitrogen and oxygen atoms in total. The van der Waals surface area contributed by atoms with Gasteiger partial charge in [0.1, 0.15) is 6.04 Å². The minimum Gasteiger partial charge on any atom is -0.349 e. The average Bonchev–Trinajstić information content (AvgIpc) is 2.74. The summed E-state index contributed by atoms with van der Waals surface area (Å²) in [5.74, 6) is -0.446. The van der Waals surface area contributed by atoms with Gasteiger partial charge in [-0.05, 0) is 78.8 Å². The Bertz CT molecular complexity index is 1080. The van der Waals surface area contributed by atoms with Crippen LogP contribution in [0.25, 0.3) is 0 Å². The van der Waals surface area contributed by atoms with Gasteiger partial charge >= 0.3 is 0 Å². The van der Waals surface area contributed by atoms with E-state index in [-0.39, 0.29) is 18.4 Å². The number of amides is 2. The van der Waals surface area contributed by atoms with E-state index in [2.05, 4.69) is 27.9 Å². The summed E-state index contributed by atoms with van der Waals surface area (Å²) in [6.07, 6.45) is 0. The van der Waals surface area contributed by atoms with Gasteiger partial charge in [-0.3, -0.25) is 9.59 Å². The summed E-state index contributed by atoms with van der Waals surface area (Å²) in [4.78, 5) is 29.0. The Balaban J connectivity index is 2.13. The number of halogens is 2. The van der Waals surface area contributed by atoms with E-state index in [1.165, 1.54) is 0 Å². The summed E-state index contributed by atoms with van der Waals surface area (Å²) in [6, 6.07) is 23.4. The highest BCUT2D eigenvalue weighted by Gasteiger charge is 2.34. The summed E-state index contributed by atoms with van der Waals surface area (Å²) >= 11 is 8.27. The number of carbonyl (C=O) groups is 2. The molecule has 0 saturated carbocycles. The van der Waals surface area contributed by atoms with E-state index in [9.17, 15) is 9.59 Å². The van der Waals surface area contributed by atoms with Crippen LogP contribution >= 0.6 is 34.2 Å². The molecule has 0 aliphatic carbocycles. The van der Waals surface area contributed by atoms with Gasteiger partial charge in [-0.15, -0.1) is 0 Å². The maximum atomic E-state index is 13.8. The molecule has 0 heterocycles. The van der Waals surface area contributed by atoms with Gasteiger partial charge < -0.3 is 10.2 Å². The lowest BCUT2D eigenvalue weighted by Crippen LogP contribution is -2.49. The van der Waals surface area contributed by atoms with Gasteiger partial charge in [0.05, 0.1) is 5.56 Å². The van der Waals surface area contributed by atoms with Crippen molar-refractivity contribution >= 4 is 46.0 Å². The molecule has 0 saturated heterocycles. The molecule has 0 radical (unpaired) electrons. The lowest BCUT2D eigenvalue weighted by Gasteiger charge is -2.34. The third-order valence-corrected chi connectivity index (χ3v) is 6.00. The van der Waals surface area contributed by atoms with Crippen LogP contribution in [0, 0.1) is 3.57 Å². The van der Waals surface area contributed by atoms with Crippen LogP contribution in [0.4, 0.5) is 0 Å². The smallest absolute Gasteiger partial charge is 0.256 e. The first kappa shape index (κ1) is 24.3. The van der Waals surface area contributed by atoms with Crippen LogP contribution in [0.2, 0.25) is 5.02 Å². The van der Waals surface area contributed by atoms with Crippen molar-refractivity contribution in [1.82, 2.24) is 10.2 Å². The molecule has 2 amide bonds. The topological polar surface area (TPSA) is 49.4 Å². The summed E-state index contributed by atoms with van der Waals surface area (Å²) in [7, 11) is 0. The molecular formula is C26H26ClIN2O2. The Hall–Kier alpha value is -2.38. The van der Waals surface area contributed by atoms with Gasteiger partial charge in [-0.25, -0.2) is 0 Å². The fourth-order valence-electron chi connectivity index (χ4n) is 3.41. The Labute approximate surface area is 208 Å². The Morgan fingerprint density at radius 1 is 0.938 bits per heavy atom. The molecule has 1 N–H and O–H groups in total. The molecule has 0 spiro atoms. The van der Waals surface area contributed by atoms with Crippen LogP contribution in [0.3, 0.4) is 0 Å². The highest BCUT2D eigenvalue weighted by atomic mass is 127. The molecule has 3 aromatic rings. The van der Waals surface area contributed by atoms with Crippen molar-refractivity contribution in [3.8, 4) is 0 Å². The zero-order chi connectivity index (χ0) is 23.3. The predicted molar refractivity (Wildman–Crippen MR) is 138 cm³/mol. The van der Waals surface area contributed by atoms with Crippen molar-refractivity contribution in [2.24, 2.45) is 0 Å². The normalized spacial score (nSPS) is 12.2. The van der Waals surface area contributed by atoms with Crippen molar-refractivity contribution in [3.05, 3.63) is 104 Å². The van der Waals surface area contributed by atoms with Gasteiger partial charge in [0, 0.05) is 20.7 Å². The molecule has 0 aliphatic heterocycles. The molecule has 32 heavy (non-hydrogen) atoms. The molecule has 3 rings (SSSR count). The summed E-state index contributed by atoms with van der Waals surface area (Å²) in [6.45, 7) is 6.06. The van der Waals surface area contributed by atoms with E-state index in [1.807, 2.05) is 69.3 Å². The second-order valence-electron chi connectivity index (χ2n) is 8.59. The van der Waals surface area contributed by atoms with E-state index >= 15 is 0 Å². The molecule has 0 aliphatic rings. The maximum absolute atomic E-state index is 13.8. The highest BCUT2D eigenvalue weighted by molar-refractivity contribution is 14.1. The molecule has 6 heteroatoms. The van der Waals surface area contributed by atoms with E-state index in [0.29, 0.717) is 16.1 Å². The molecule has 1 atom stereocenters. The maximum Gasteiger partial charge on any atom is 0.256 e. The first-order chi connectivity index (χ1) is 15.2. The largest absolute Gasteiger partial charge is 0.349 e. The van der Waals surface area contributed by atoms with Gasteiger partial charge in [0.15, 0.2) is 0 Å². The molecular weight excluding hydrogens is 535 g/mol.